The molecule has 0 aromatic heterocycles. The largest absolute Gasteiger partial charge is 0.493 e. The number of rotatable bonds is 0. The molecular formula is C64H59BrO4. The fourth-order valence-corrected chi connectivity index (χ4v) is 11.6. The molecule has 0 fully saturated rings. The van der Waals surface area contributed by atoms with Crippen molar-refractivity contribution in [2.75, 3.05) is 26.4 Å². The summed E-state index contributed by atoms with van der Waals surface area (Å²) in [5.74, 6) is 3.78. The van der Waals surface area contributed by atoms with E-state index in [0.29, 0.717) is 52.1 Å². The SMILES string of the molecule is Brc1cc2c3c(c1)Cc1cccc4c1OCCc1ccccc1CCc1ccccc1CCOc1c(cccc1C2)Cc1cccc(c1OCCc1ccccc1CCc1ccccc1CCO3)C4. The van der Waals surface area contributed by atoms with Gasteiger partial charge in [0, 0.05) is 67.0 Å². The highest BCUT2D eigenvalue weighted by molar-refractivity contribution is 9.10. The smallest absolute Gasteiger partial charge is 0.126 e. The van der Waals surface area contributed by atoms with Gasteiger partial charge in [-0.25, -0.2) is 0 Å². The van der Waals surface area contributed by atoms with E-state index >= 15 is 0 Å². The van der Waals surface area contributed by atoms with Gasteiger partial charge in [-0.2, -0.15) is 0 Å². The quantitative estimate of drug-likeness (QED) is 0.152. The monoisotopic (exact) mass is 970 g/mol. The van der Waals surface area contributed by atoms with E-state index in [1.807, 2.05) is 0 Å². The predicted molar refractivity (Wildman–Crippen MR) is 282 cm³/mol. The minimum atomic E-state index is 0.551. The van der Waals surface area contributed by atoms with Crippen molar-refractivity contribution in [1.29, 1.82) is 0 Å². The number of hydrogen-bond acceptors (Lipinski definition) is 4. The number of para-hydroxylation sites is 3. The van der Waals surface area contributed by atoms with Crippen LogP contribution in [0.2, 0.25) is 0 Å². The molecule has 8 aromatic rings. The third-order valence-electron chi connectivity index (χ3n) is 14.5. The van der Waals surface area contributed by atoms with Crippen molar-refractivity contribution in [3.05, 3.63) is 257 Å². The molecule has 8 aromatic carbocycles. The molecule has 12 bridgehead atoms. The molecule has 0 saturated heterocycles. The maximum Gasteiger partial charge on any atom is 0.126 e. The molecule has 0 saturated carbocycles. The second-order valence-electron chi connectivity index (χ2n) is 18.9. The third-order valence-corrected chi connectivity index (χ3v) is 15.0. The molecule has 0 unspecified atom stereocenters. The molecule has 0 N–H and O–H groups in total. The van der Waals surface area contributed by atoms with Crippen LogP contribution in [-0.4, -0.2) is 26.4 Å². The first-order valence-electron chi connectivity index (χ1n) is 25.0. The van der Waals surface area contributed by atoms with Crippen LogP contribution in [0.4, 0.5) is 0 Å². The van der Waals surface area contributed by atoms with Crippen LogP contribution < -0.4 is 18.9 Å². The van der Waals surface area contributed by atoms with Gasteiger partial charge in [-0.05, 0) is 116 Å². The van der Waals surface area contributed by atoms with Crippen LogP contribution in [0.1, 0.15) is 89.0 Å². The normalized spacial score (nSPS) is 15.1. The topological polar surface area (TPSA) is 36.9 Å². The van der Waals surface area contributed by atoms with Crippen LogP contribution in [0.15, 0.2) is 168 Å². The number of halogens is 1. The molecule has 5 aliphatic rings. The standard InChI is InChI=1S/C64H59BrO4/c65-60-42-58-40-56-24-10-22-54-38-52-20-9-21-53-39-55-23-11-25-57(63(55)68-36-32-50-18-7-3-14-46(50)27-26-45-13-2-6-17-49(45)31-35-67-62(54)56)41-59(43-60)64(58)69-37-33-51-19-8-4-15-47(51)29-28-44-12-1-5-16-48(44)30-34-66-61(52)53/h1-25,42-43H,26-41H2. The van der Waals surface area contributed by atoms with Gasteiger partial charge >= 0.3 is 0 Å². The van der Waals surface area contributed by atoms with Crippen molar-refractivity contribution >= 4 is 15.9 Å². The fourth-order valence-electron chi connectivity index (χ4n) is 11.1. The van der Waals surface area contributed by atoms with Gasteiger partial charge in [0.2, 0.25) is 0 Å². The van der Waals surface area contributed by atoms with Crippen molar-refractivity contribution in [2.45, 2.75) is 77.0 Å². The molecule has 1 aliphatic carbocycles. The Hall–Kier alpha value is -6.56. The summed E-state index contributed by atoms with van der Waals surface area (Å²) in [6.45, 7) is 2.23. The van der Waals surface area contributed by atoms with Gasteiger partial charge in [0.15, 0.2) is 0 Å². The highest BCUT2D eigenvalue weighted by Crippen LogP contribution is 2.40. The summed E-state index contributed by atoms with van der Waals surface area (Å²) in [4.78, 5) is 0. The zero-order valence-corrected chi connectivity index (χ0v) is 41.0. The van der Waals surface area contributed by atoms with Gasteiger partial charge in [-0.15, -0.1) is 0 Å². The van der Waals surface area contributed by atoms with Gasteiger partial charge in [0.05, 0.1) is 26.4 Å². The van der Waals surface area contributed by atoms with Crippen molar-refractivity contribution in [1.82, 2.24) is 0 Å². The molecule has 4 aliphatic heterocycles. The summed E-state index contributed by atoms with van der Waals surface area (Å²) >= 11 is 4.00. The lowest BCUT2D eigenvalue weighted by Crippen LogP contribution is -2.12. The molecule has 0 radical (unpaired) electrons. The maximum atomic E-state index is 7.20. The van der Waals surface area contributed by atoms with Gasteiger partial charge in [-0.1, -0.05) is 168 Å². The molecule has 0 amide bonds. The highest BCUT2D eigenvalue weighted by atomic mass is 79.9. The van der Waals surface area contributed by atoms with E-state index in [2.05, 4.69) is 180 Å². The Morgan fingerprint density at radius 1 is 0.232 bits per heavy atom. The van der Waals surface area contributed by atoms with E-state index in [4.69, 9.17) is 18.9 Å². The Morgan fingerprint density at radius 2 is 0.435 bits per heavy atom. The molecular weight excluding hydrogens is 913 g/mol. The molecule has 346 valence electrons. The number of aryl methyl sites for hydroxylation is 4. The highest BCUT2D eigenvalue weighted by Gasteiger charge is 2.23. The van der Waals surface area contributed by atoms with Crippen LogP contribution in [0.5, 0.6) is 23.0 Å². The average molecular weight is 972 g/mol. The first-order valence-corrected chi connectivity index (χ1v) is 25.8. The van der Waals surface area contributed by atoms with E-state index in [1.54, 1.807) is 0 Å². The Morgan fingerprint density at radius 3 is 0.696 bits per heavy atom. The number of benzene rings is 8. The first kappa shape index (κ1) is 44.9. The zero-order chi connectivity index (χ0) is 46.4. The molecule has 4 heterocycles. The van der Waals surface area contributed by atoms with Gasteiger partial charge in [0.25, 0.3) is 0 Å². The van der Waals surface area contributed by atoms with Gasteiger partial charge in [0.1, 0.15) is 23.0 Å². The van der Waals surface area contributed by atoms with Crippen molar-refractivity contribution < 1.29 is 18.9 Å². The lowest BCUT2D eigenvalue weighted by atomic mass is 9.91. The van der Waals surface area contributed by atoms with Crippen molar-refractivity contribution in [3.63, 3.8) is 0 Å². The molecule has 13 rings (SSSR count). The summed E-state index contributed by atoms with van der Waals surface area (Å²) < 4.78 is 29.8. The minimum absolute atomic E-state index is 0.551. The number of fused-ring (bicyclic) bond motifs is 10. The summed E-state index contributed by atoms with van der Waals surface area (Å²) in [5.41, 5.74) is 20.0. The fraction of sp³-hybridized carbons (Fsp3) is 0.250. The van der Waals surface area contributed by atoms with Gasteiger partial charge in [-0.3, -0.25) is 0 Å². The van der Waals surface area contributed by atoms with E-state index in [0.717, 1.165) is 123 Å². The number of hydrogen-bond donors (Lipinski definition) is 0. The van der Waals surface area contributed by atoms with Gasteiger partial charge < -0.3 is 18.9 Å². The molecule has 5 heteroatoms. The second kappa shape index (κ2) is 21.0. The van der Waals surface area contributed by atoms with Crippen molar-refractivity contribution in [3.8, 4) is 23.0 Å². The Bertz CT molecular complexity index is 2960. The third kappa shape index (κ3) is 10.3. The van der Waals surface area contributed by atoms with E-state index in [1.165, 1.54) is 44.5 Å². The summed E-state index contributed by atoms with van der Waals surface area (Å²) in [6.07, 6.45) is 9.68. The maximum absolute atomic E-state index is 7.20. The van der Waals surface area contributed by atoms with E-state index in [9.17, 15) is 0 Å². The van der Waals surface area contributed by atoms with Crippen LogP contribution in [-0.2, 0) is 77.0 Å². The Kier molecular flexibility index (Phi) is 13.7. The minimum Gasteiger partial charge on any atom is -0.493 e. The number of ether oxygens (including phenoxy) is 4. The molecule has 69 heavy (non-hydrogen) atoms. The van der Waals surface area contributed by atoms with Crippen LogP contribution >= 0.6 is 15.9 Å². The lowest BCUT2D eigenvalue weighted by Gasteiger charge is -2.23. The Balaban J connectivity index is 1.12. The van der Waals surface area contributed by atoms with Crippen molar-refractivity contribution in [2.24, 2.45) is 0 Å². The van der Waals surface area contributed by atoms with E-state index < -0.39 is 0 Å². The molecule has 4 nitrogen and oxygen atoms in total. The van der Waals surface area contributed by atoms with Crippen LogP contribution in [0, 0.1) is 0 Å². The summed E-state index contributed by atoms with van der Waals surface area (Å²) in [7, 11) is 0. The van der Waals surface area contributed by atoms with Crippen LogP contribution in [0.3, 0.4) is 0 Å². The van der Waals surface area contributed by atoms with Crippen LogP contribution in [0.25, 0.3) is 0 Å². The van der Waals surface area contributed by atoms with E-state index in [-0.39, 0.29) is 0 Å². The lowest BCUT2D eigenvalue weighted by molar-refractivity contribution is 0.309. The Labute approximate surface area is 416 Å². The second-order valence-corrected chi connectivity index (χ2v) is 19.9. The average Bonchev–Trinajstić information content (AvgIpc) is 3.36. The zero-order valence-electron chi connectivity index (χ0n) is 39.4. The summed E-state index contributed by atoms with van der Waals surface area (Å²) in [6, 6.07) is 60.3. The summed E-state index contributed by atoms with van der Waals surface area (Å²) in [5, 5.41) is 0. The first-order chi connectivity index (χ1) is 34.1. The molecule has 0 atom stereocenters. The molecule has 0 spiro atoms. The predicted octanol–water partition coefficient (Wildman–Crippen LogP) is 13.8.